The maximum atomic E-state index is 3.72. The smallest absolute Gasteiger partial charge is 0.0105 e. The minimum absolute atomic E-state index is 0.676. The fraction of sp³-hybridized carbons (Fsp3) is 1.00. The molecule has 0 aromatic rings. The van der Waals surface area contributed by atoms with Gasteiger partial charge in [-0.25, -0.2) is 0 Å². The predicted molar refractivity (Wildman–Crippen MR) is 146 cm³/mol. The number of nitrogens with zero attached hydrogens (tertiary/aromatic N) is 2. The minimum Gasteiger partial charge on any atom is -0.316 e. The van der Waals surface area contributed by atoms with Crippen LogP contribution in [0.25, 0.3) is 0 Å². The maximum Gasteiger partial charge on any atom is 0.0105 e. The first-order chi connectivity index (χ1) is 15.4. The van der Waals surface area contributed by atoms with Gasteiger partial charge in [-0.15, -0.1) is 0 Å². The van der Waals surface area contributed by atoms with E-state index < -0.39 is 0 Å². The molecular weight excluding hydrogens is 392 g/mol. The maximum absolute atomic E-state index is 3.72. The molecule has 4 unspecified atom stereocenters. The van der Waals surface area contributed by atoms with Crippen LogP contribution in [0.1, 0.15) is 107 Å². The standard InChI is InChI=1S/C28H62N4/c1-9-19-31(20-10-2)27(7)25(5)23-29-17-15-13-14-16-18-30-24-26(6)28(8)32(21-11-3)22-12-4/h25-30H,9-24H2,1-8H3. The Balaban J connectivity index is 3.77. The summed E-state index contributed by atoms with van der Waals surface area (Å²) in [4.78, 5) is 5.35. The van der Waals surface area contributed by atoms with Gasteiger partial charge in [0.2, 0.25) is 0 Å². The zero-order chi connectivity index (χ0) is 24.2. The molecule has 0 bridgehead atoms. The average molecular weight is 455 g/mol. The van der Waals surface area contributed by atoms with Crippen molar-refractivity contribution in [3.8, 4) is 0 Å². The van der Waals surface area contributed by atoms with Gasteiger partial charge in [-0.1, -0.05) is 54.4 Å². The number of nitrogens with one attached hydrogen (secondary N) is 2. The molecule has 0 spiro atoms. The van der Waals surface area contributed by atoms with E-state index in [2.05, 4.69) is 75.8 Å². The van der Waals surface area contributed by atoms with Crippen molar-refractivity contribution in [1.82, 2.24) is 20.4 Å². The van der Waals surface area contributed by atoms with Crippen LogP contribution in [0.15, 0.2) is 0 Å². The Morgan fingerprint density at radius 3 is 1.09 bits per heavy atom. The summed E-state index contributed by atoms with van der Waals surface area (Å²) in [6, 6.07) is 1.35. The summed E-state index contributed by atoms with van der Waals surface area (Å²) < 4.78 is 0. The molecule has 0 aliphatic heterocycles. The van der Waals surface area contributed by atoms with Crippen LogP contribution < -0.4 is 10.6 Å². The molecule has 0 amide bonds. The van der Waals surface area contributed by atoms with Gasteiger partial charge < -0.3 is 20.4 Å². The summed E-state index contributed by atoms with van der Waals surface area (Å²) in [6.45, 7) is 28.4. The van der Waals surface area contributed by atoms with E-state index in [1.807, 2.05) is 0 Å². The largest absolute Gasteiger partial charge is 0.316 e. The van der Waals surface area contributed by atoms with E-state index >= 15 is 0 Å². The molecule has 0 saturated heterocycles. The van der Waals surface area contributed by atoms with Gasteiger partial charge in [-0.05, 0) is 117 Å². The van der Waals surface area contributed by atoms with E-state index in [4.69, 9.17) is 0 Å². The second-order valence-electron chi connectivity index (χ2n) is 10.3. The van der Waals surface area contributed by atoms with Crippen molar-refractivity contribution in [1.29, 1.82) is 0 Å². The van der Waals surface area contributed by atoms with Crippen LogP contribution in [-0.2, 0) is 0 Å². The third-order valence-electron chi connectivity index (χ3n) is 7.23. The van der Waals surface area contributed by atoms with Crippen LogP contribution in [0.3, 0.4) is 0 Å². The zero-order valence-corrected chi connectivity index (χ0v) is 23.5. The molecule has 4 atom stereocenters. The molecule has 0 heterocycles. The Kier molecular flexibility index (Phi) is 21.3. The predicted octanol–water partition coefficient (Wildman–Crippen LogP) is 6.02. The molecular formula is C28H62N4. The van der Waals surface area contributed by atoms with E-state index in [1.54, 1.807) is 0 Å². The van der Waals surface area contributed by atoms with Gasteiger partial charge >= 0.3 is 0 Å². The lowest BCUT2D eigenvalue weighted by atomic mass is 10.0. The molecule has 0 rings (SSSR count). The minimum atomic E-state index is 0.676. The van der Waals surface area contributed by atoms with Crippen LogP contribution in [-0.4, -0.2) is 74.2 Å². The summed E-state index contributed by atoms with van der Waals surface area (Å²) in [6.07, 6.45) is 10.4. The monoisotopic (exact) mass is 454 g/mol. The molecule has 0 fully saturated rings. The van der Waals surface area contributed by atoms with Gasteiger partial charge in [0.15, 0.2) is 0 Å². The summed E-state index contributed by atoms with van der Waals surface area (Å²) in [5, 5.41) is 7.44. The second-order valence-corrected chi connectivity index (χ2v) is 10.3. The highest BCUT2D eigenvalue weighted by atomic mass is 15.2. The highest BCUT2D eigenvalue weighted by Gasteiger charge is 2.19. The normalized spacial score (nSPS) is 15.9. The summed E-state index contributed by atoms with van der Waals surface area (Å²) >= 11 is 0. The van der Waals surface area contributed by atoms with Crippen LogP contribution in [0.2, 0.25) is 0 Å². The van der Waals surface area contributed by atoms with Crippen molar-refractivity contribution >= 4 is 0 Å². The lowest BCUT2D eigenvalue weighted by Gasteiger charge is -2.33. The van der Waals surface area contributed by atoms with Gasteiger partial charge in [0.25, 0.3) is 0 Å². The van der Waals surface area contributed by atoms with Crippen molar-refractivity contribution < 1.29 is 0 Å². The van der Waals surface area contributed by atoms with Crippen molar-refractivity contribution in [3.05, 3.63) is 0 Å². The first-order valence-electron chi connectivity index (χ1n) is 14.3. The summed E-state index contributed by atoms with van der Waals surface area (Å²) in [5.74, 6) is 1.43. The van der Waals surface area contributed by atoms with Crippen LogP contribution in [0.4, 0.5) is 0 Å². The Morgan fingerprint density at radius 2 is 0.812 bits per heavy atom. The van der Waals surface area contributed by atoms with Gasteiger partial charge in [0.05, 0.1) is 0 Å². The molecule has 0 aliphatic carbocycles. The quantitative estimate of drug-likeness (QED) is 0.185. The number of hydrogen-bond acceptors (Lipinski definition) is 4. The van der Waals surface area contributed by atoms with E-state index in [0.29, 0.717) is 23.9 Å². The lowest BCUT2D eigenvalue weighted by Crippen LogP contribution is -2.42. The highest BCUT2D eigenvalue weighted by molar-refractivity contribution is 4.75. The van der Waals surface area contributed by atoms with Crippen molar-refractivity contribution in [2.45, 2.75) is 119 Å². The average Bonchev–Trinajstić information content (AvgIpc) is 2.78. The third-order valence-corrected chi connectivity index (χ3v) is 7.23. The molecule has 0 aromatic heterocycles. The van der Waals surface area contributed by atoms with Crippen LogP contribution >= 0.6 is 0 Å². The van der Waals surface area contributed by atoms with Crippen LogP contribution in [0.5, 0.6) is 0 Å². The second kappa shape index (κ2) is 21.4. The van der Waals surface area contributed by atoms with E-state index in [0.717, 1.165) is 13.1 Å². The molecule has 4 nitrogen and oxygen atoms in total. The number of hydrogen-bond donors (Lipinski definition) is 2. The summed E-state index contributed by atoms with van der Waals surface area (Å²) in [7, 11) is 0. The molecule has 0 saturated carbocycles. The highest BCUT2D eigenvalue weighted by Crippen LogP contribution is 2.13. The summed E-state index contributed by atoms with van der Waals surface area (Å²) in [5.41, 5.74) is 0. The van der Waals surface area contributed by atoms with E-state index in [-0.39, 0.29) is 0 Å². The molecule has 0 radical (unpaired) electrons. The number of unbranched alkanes of at least 4 members (excludes halogenated alkanes) is 3. The van der Waals surface area contributed by atoms with Gasteiger partial charge in [0.1, 0.15) is 0 Å². The lowest BCUT2D eigenvalue weighted by molar-refractivity contribution is 0.159. The van der Waals surface area contributed by atoms with Crippen molar-refractivity contribution in [3.63, 3.8) is 0 Å². The van der Waals surface area contributed by atoms with Crippen molar-refractivity contribution in [2.24, 2.45) is 11.8 Å². The number of rotatable bonds is 23. The van der Waals surface area contributed by atoms with Crippen LogP contribution in [0, 0.1) is 11.8 Å². The SMILES string of the molecule is CCCN(CCC)C(C)C(C)CNCCCCCCNCC(C)C(C)N(CCC)CCC. The Morgan fingerprint density at radius 1 is 0.500 bits per heavy atom. The topological polar surface area (TPSA) is 30.5 Å². The Labute approximate surface area is 203 Å². The van der Waals surface area contributed by atoms with Gasteiger partial charge in [-0.2, -0.15) is 0 Å². The molecule has 0 aromatic carbocycles. The van der Waals surface area contributed by atoms with E-state index in [1.165, 1.54) is 90.6 Å². The molecule has 0 aliphatic rings. The van der Waals surface area contributed by atoms with Crippen molar-refractivity contribution in [2.75, 3.05) is 52.4 Å². The fourth-order valence-corrected chi connectivity index (χ4v) is 4.76. The van der Waals surface area contributed by atoms with Gasteiger partial charge in [-0.3, -0.25) is 0 Å². The molecule has 2 N–H and O–H groups in total. The fourth-order valence-electron chi connectivity index (χ4n) is 4.76. The first-order valence-corrected chi connectivity index (χ1v) is 14.3. The van der Waals surface area contributed by atoms with E-state index in [9.17, 15) is 0 Å². The first kappa shape index (κ1) is 31.8. The third kappa shape index (κ3) is 14.9. The van der Waals surface area contributed by atoms with Gasteiger partial charge in [0, 0.05) is 12.1 Å². The molecule has 194 valence electrons. The Bertz CT molecular complexity index is 342. The molecule has 4 heteroatoms. The Hall–Kier alpha value is -0.160. The molecule has 32 heavy (non-hydrogen) atoms. The zero-order valence-electron chi connectivity index (χ0n) is 23.5.